The highest BCUT2D eigenvalue weighted by Gasteiger charge is 2.14. The van der Waals surface area contributed by atoms with E-state index in [4.69, 9.17) is 4.74 Å². The Morgan fingerprint density at radius 2 is 1.97 bits per heavy atom. The molecule has 1 amide bonds. The lowest BCUT2D eigenvalue weighted by molar-refractivity contribution is 0.0332. The zero-order valence-corrected chi connectivity index (χ0v) is 18.4. The van der Waals surface area contributed by atoms with Crippen LogP contribution in [0.3, 0.4) is 0 Å². The molecule has 164 valence electrons. The number of benzene rings is 2. The van der Waals surface area contributed by atoms with E-state index in [2.05, 4.69) is 39.1 Å². The minimum Gasteiger partial charge on any atom is -0.379 e. The van der Waals surface area contributed by atoms with Gasteiger partial charge in [-0.3, -0.25) is 9.69 Å². The van der Waals surface area contributed by atoms with Crippen molar-refractivity contribution in [3.05, 3.63) is 53.9 Å². The molecule has 0 bridgehead atoms. The molecule has 4 rings (SSSR count). The third kappa shape index (κ3) is 5.42. The second kappa shape index (κ2) is 9.94. The number of fused-ring (bicyclic) bond motifs is 1. The standard InChI is InChI=1S/C24H31N5O2/c1-3-4-11-28(2)20-8-5-18(6-9-20)24(30)25-19-7-10-21-22(16-19)27-23(26-21)17-29-12-14-31-15-13-29/h5-10,16H,3-4,11-15,17H2,1-2H3,(H,25,30)(H,26,27). The minimum atomic E-state index is -0.116. The molecule has 1 fully saturated rings. The maximum atomic E-state index is 12.7. The Morgan fingerprint density at radius 3 is 2.71 bits per heavy atom. The van der Waals surface area contributed by atoms with E-state index >= 15 is 0 Å². The highest BCUT2D eigenvalue weighted by Crippen LogP contribution is 2.20. The third-order valence-corrected chi connectivity index (χ3v) is 5.68. The molecule has 3 aromatic rings. The minimum absolute atomic E-state index is 0.116. The lowest BCUT2D eigenvalue weighted by Gasteiger charge is -2.25. The number of rotatable bonds is 8. The number of anilines is 2. The van der Waals surface area contributed by atoms with Crippen molar-refractivity contribution >= 4 is 28.3 Å². The number of H-pyrrole nitrogens is 1. The summed E-state index contributed by atoms with van der Waals surface area (Å²) in [5, 5.41) is 3.00. The van der Waals surface area contributed by atoms with Crippen LogP contribution in [0.5, 0.6) is 0 Å². The molecule has 1 aliphatic rings. The van der Waals surface area contributed by atoms with Crippen molar-refractivity contribution in [3.8, 4) is 0 Å². The average molecular weight is 422 g/mol. The second-order valence-electron chi connectivity index (χ2n) is 8.08. The van der Waals surface area contributed by atoms with E-state index in [1.807, 2.05) is 42.5 Å². The predicted molar refractivity (Wildman–Crippen MR) is 125 cm³/mol. The van der Waals surface area contributed by atoms with Gasteiger partial charge in [0.15, 0.2) is 0 Å². The third-order valence-electron chi connectivity index (χ3n) is 5.68. The first-order valence-electron chi connectivity index (χ1n) is 11.0. The van der Waals surface area contributed by atoms with Crippen molar-refractivity contribution in [3.63, 3.8) is 0 Å². The lowest BCUT2D eigenvalue weighted by atomic mass is 10.1. The molecule has 0 saturated carbocycles. The first-order chi connectivity index (χ1) is 15.1. The number of aromatic amines is 1. The molecule has 7 heteroatoms. The van der Waals surface area contributed by atoms with Crippen molar-refractivity contribution in [2.24, 2.45) is 0 Å². The van der Waals surface area contributed by atoms with Crippen LogP contribution < -0.4 is 10.2 Å². The topological polar surface area (TPSA) is 73.5 Å². The molecule has 0 unspecified atom stereocenters. The molecule has 0 atom stereocenters. The molecule has 0 radical (unpaired) electrons. The fourth-order valence-corrected chi connectivity index (χ4v) is 3.78. The van der Waals surface area contributed by atoms with E-state index in [9.17, 15) is 4.79 Å². The zero-order chi connectivity index (χ0) is 21.6. The summed E-state index contributed by atoms with van der Waals surface area (Å²) in [5.74, 6) is 0.818. The van der Waals surface area contributed by atoms with Crippen LogP contribution in [0, 0.1) is 0 Å². The van der Waals surface area contributed by atoms with E-state index in [1.165, 1.54) is 6.42 Å². The van der Waals surface area contributed by atoms with E-state index in [0.717, 1.165) is 74.0 Å². The second-order valence-corrected chi connectivity index (χ2v) is 8.08. The van der Waals surface area contributed by atoms with E-state index in [-0.39, 0.29) is 5.91 Å². The van der Waals surface area contributed by atoms with Gasteiger partial charge in [-0.15, -0.1) is 0 Å². The van der Waals surface area contributed by atoms with Crippen LogP contribution in [-0.2, 0) is 11.3 Å². The molecule has 2 heterocycles. The van der Waals surface area contributed by atoms with Gasteiger partial charge in [-0.25, -0.2) is 4.98 Å². The molecule has 1 aliphatic heterocycles. The molecule has 7 nitrogen and oxygen atoms in total. The number of nitrogens with zero attached hydrogens (tertiary/aromatic N) is 3. The van der Waals surface area contributed by atoms with E-state index in [0.29, 0.717) is 5.56 Å². The summed E-state index contributed by atoms with van der Waals surface area (Å²) in [6, 6.07) is 13.5. The molecule has 1 saturated heterocycles. The van der Waals surface area contributed by atoms with Gasteiger partial charge in [0.05, 0.1) is 30.8 Å². The van der Waals surface area contributed by atoms with Crippen LogP contribution in [0.2, 0.25) is 0 Å². The van der Waals surface area contributed by atoms with Gasteiger partial charge in [0.25, 0.3) is 5.91 Å². The monoisotopic (exact) mass is 421 g/mol. The predicted octanol–water partition coefficient (Wildman–Crippen LogP) is 3.88. The van der Waals surface area contributed by atoms with Crippen LogP contribution in [-0.4, -0.2) is 60.7 Å². The van der Waals surface area contributed by atoms with Crippen molar-refractivity contribution in [1.29, 1.82) is 0 Å². The summed E-state index contributed by atoms with van der Waals surface area (Å²) in [6.07, 6.45) is 2.32. The number of unbranched alkanes of at least 4 members (excludes halogenated alkanes) is 1. The summed E-state index contributed by atoms with van der Waals surface area (Å²) in [7, 11) is 2.08. The number of carbonyl (C=O) groups excluding carboxylic acids is 1. The highest BCUT2D eigenvalue weighted by atomic mass is 16.5. The van der Waals surface area contributed by atoms with Gasteiger partial charge in [-0.05, 0) is 48.9 Å². The number of amides is 1. The Kier molecular flexibility index (Phi) is 6.84. The van der Waals surface area contributed by atoms with Crippen LogP contribution in [0.15, 0.2) is 42.5 Å². The number of carbonyl (C=O) groups is 1. The Morgan fingerprint density at radius 1 is 1.19 bits per heavy atom. The fourth-order valence-electron chi connectivity index (χ4n) is 3.78. The van der Waals surface area contributed by atoms with Gasteiger partial charge in [-0.1, -0.05) is 13.3 Å². The number of hydrogen-bond donors (Lipinski definition) is 2. The maximum absolute atomic E-state index is 12.7. The van der Waals surface area contributed by atoms with E-state index < -0.39 is 0 Å². The van der Waals surface area contributed by atoms with Gasteiger partial charge in [0, 0.05) is 43.6 Å². The number of morpholine rings is 1. The summed E-state index contributed by atoms with van der Waals surface area (Å²) in [5.41, 5.74) is 4.35. The van der Waals surface area contributed by atoms with Crippen LogP contribution in [0.25, 0.3) is 11.0 Å². The van der Waals surface area contributed by atoms with Gasteiger partial charge in [0.2, 0.25) is 0 Å². The summed E-state index contributed by atoms with van der Waals surface area (Å²) < 4.78 is 5.40. The lowest BCUT2D eigenvalue weighted by Crippen LogP contribution is -2.35. The summed E-state index contributed by atoms with van der Waals surface area (Å²) in [4.78, 5) is 25.3. The van der Waals surface area contributed by atoms with Crippen molar-refractivity contribution < 1.29 is 9.53 Å². The largest absolute Gasteiger partial charge is 0.379 e. The van der Waals surface area contributed by atoms with Gasteiger partial charge in [-0.2, -0.15) is 0 Å². The number of ether oxygens (including phenoxy) is 1. The normalized spacial score (nSPS) is 14.6. The SMILES string of the molecule is CCCCN(C)c1ccc(C(=O)Nc2ccc3nc(CN4CCOCC4)[nH]c3c2)cc1. The zero-order valence-electron chi connectivity index (χ0n) is 18.4. The molecule has 0 aliphatic carbocycles. The average Bonchev–Trinajstić information content (AvgIpc) is 3.19. The van der Waals surface area contributed by atoms with Crippen molar-refractivity contribution in [2.45, 2.75) is 26.3 Å². The highest BCUT2D eigenvalue weighted by molar-refractivity contribution is 6.05. The molecule has 1 aromatic heterocycles. The van der Waals surface area contributed by atoms with Crippen molar-refractivity contribution in [2.75, 3.05) is 50.1 Å². The van der Waals surface area contributed by atoms with Gasteiger partial charge >= 0.3 is 0 Å². The fraction of sp³-hybridized carbons (Fsp3) is 0.417. The molecule has 2 aromatic carbocycles. The molecular weight excluding hydrogens is 390 g/mol. The Bertz CT molecular complexity index is 1010. The van der Waals surface area contributed by atoms with Crippen LogP contribution >= 0.6 is 0 Å². The Hall–Kier alpha value is -2.90. The quantitative estimate of drug-likeness (QED) is 0.577. The smallest absolute Gasteiger partial charge is 0.255 e. The number of nitrogens with one attached hydrogen (secondary N) is 2. The molecule has 2 N–H and O–H groups in total. The Balaban J connectivity index is 1.40. The van der Waals surface area contributed by atoms with E-state index in [1.54, 1.807) is 0 Å². The number of imidazole rings is 1. The number of hydrogen-bond acceptors (Lipinski definition) is 5. The van der Waals surface area contributed by atoms with Crippen LogP contribution in [0.4, 0.5) is 11.4 Å². The molecule has 0 spiro atoms. The Labute approximate surface area is 183 Å². The van der Waals surface area contributed by atoms with Gasteiger partial charge < -0.3 is 19.9 Å². The van der Waals surface area contributed by atoms with Crippen LogP contribution in [0.1, 0.15) is 35.9 Å². The first-order valence-corrected chi connectivity index (χ1v) is 11.0. The summed E-state index contributed by atoms with van der Waals surface area (Å²) in [6.45, 7) is 7.36. The summed E-state index contributed by atoms with van der Waals surface area (Å²) >= 11 is 0. The first kappa shape index (κ1) is 21.3. The van der Waals surface area contributed by atoms with Gasteiger partial charge in [0.1, 0.15) is 5.82 Å². The maximum Gasteiger partial charge on any atom is 0.255 e. The molecule has 31 heavy (non-hydrogen) atoms. The van der Waals surface area contributed by atoms with Crippen molar-refractivity contribution in [1.82, 2.24) is 14.9 Å². The number of aromatic nitrogens is 2. The molecular formula is C24H31N5O2.